The Labute approximate surface area is 137 Å². The Hall–Kier alpha value is -0.170. The molecular weight excluding hydrogens is 292 g/mol. The average Bonchev–Trinajstić information content (AvgIpc) is 2.18. The van der Waals surface area contributed by atoms with E-state index >= 15 is 0 Å². The lowest BCUT2D eigenvalue weighted by Gasteiger charge is -1.84. The maximum absolute atomic E-state index is 9.63. The van der Waals surface area contributed by atoms with Gasteiger partial charge >= 0.3 is 0 Å². The first-order valence-electron chi connectivity index (χ1n) is 5.27. The van der Waals surface area contributed by atoms with Gasteiger partial charge in [0.05, 0.1) is 0 Å². The minimum atomic E-state index is -2.67. The summed E-state index contributed by atoms with van der Waals surface area (Å²) >= 11 is 0. The summed E-state index contributed by atoms with van der Waals surface area (Å²) in [4.78, 5) is 0. The third-order valence-electron chi connectivity index (χ3n) is 0.697. The number of methoxy groups -OCH3 is 3. The van der Waals surface area contributed by atoms with Crippen molar-refractivity contribution in [3.05, 3.63) is 0 Å². The SMILES string of the molecule is C.C.C.C.CCCOC.CCOC.COC.CS(C)(=O)=O. The molecule has 0 amide bonds. The monoisotopic (exact) mass is 338 g/mol. The fourth-order valence-electron chi connectivity index (χ4n) is 0.204. The standard InChI is InChI=1S/C4H10O.C3H8O.C2H6O2S.C2H6O.4CH4/c1-3-4-5-2;1-3-4-2;1-5(2,3)4;1-3-2;;;;/h3-4H2,1-2H3;3H2,1-2H3;1-2H3;1-2H3;4*1H4. The Balaban J connectivity index is -0.0000000171. The number of sulfone groups is 1. The minimum Gasteiger partial charge on any atom is -0.388 e. The zero-order valence-electron chi connectivity index (χ0n) is 12.6. The molecule has 0 aliphatic rings. The Morgan fingerprint density at radius 1 is 0.762 bits per heavy atom. The average molecular weight is 339 g/mol. The highest BCUT2D eigenvalue weighted by molar-refractivity contribution is 7.89. The van der Waals surface area contributed by atoms with Crippen LogP contribution in [0.3, 0.4) is 0 Å². The second kappa shape index (κ2) is 50.2. The predicted octanol–water partition coefficient (Wildman–Crippen LogP) is 4.16. The van der Waals surface area contributed by atoms with Crippen molar-refractivity contribution in [2.24, 2.45) is 0 Å². The van der Waals surface area contributed by atoms with Crippen molar-refractivity contribution >= 4 is 9.84 Å². The van der Waals surface area contributed by atoms with Gasteiger partial charge in [-0.1, -0.05) is 36.6 Å². The summed E-state index contributed by atoms with van der Waals surface area (Å²) in [6.07, 6.45) is 3.44. The molecule has 0 bridgehead atoms. The topological polar surface area (TPSA) is 61.8 Å². The van der Waals surface area contributed by atoms with Crippen LogP contribution in [-0.4, -0.2) is 62.6 Å². The first kappa shape index (κ1) is 49.8. The molecule has 0 radical (unpaired) electrons. The zero-order chi connectivity index (χ0) is 14.7. The highest BCUT2D eigenvalue weighted by Gasteiger charge is 1.79. The summed E-state index contributed by atoms with van der Waals surface area (Å²) in [5.74, 6) is 0. The molecule has 0 fully saturated rings. The van der Waals surface area contributed by atoms with E-state index in [0.29, 0.717) is 0 Å². The van der Waals surface area contributed by atoms with Crippen molar-refractivity contribution in [2.75, 3.05) is 54.2 Å². The summed E-state index contributed by atoms with van der Waals surface area (Å²) in [7, 11) is 3.98. The Morgan fingerprint density at radius 3 is 0.952 bits per heavy atom. The first-order valence-corrected chi connectivity index (χ1v) is 7.57. The molecule has 0 unspecified atom stereocenters. The molecule has 21 heavy (non-hydrogen) atoms. The third-order valence-corrected chi connectivity index (χ3v) is 0.697. The van der Waals surface area contributed by atoms with Gasteiger partial charge in [-0.25, -0.2) is 8.42 Å². The van der Waals surface area contributed by atoms with Crippen LogP contribution in [0.25, 0.3) is 0 Å². The lowest BCUT2D eigenvalue weighted by Crippen LogP contribution is -1.86. The highest BCUT2D eigenvalue weighted by atomic mass is 32.2. The van der Waals surface area contributed by atoms with Crippen LogP contribution < -0.4 is 0 Å². The summed E-state index contributed by atoms with van der Waals surface area (Å²) in [5.41, 5.74) is 0. The van der Waals surface area contributed by atoms with Gasteiger partial charge in [-0.15, -0.1) is 0 Å². The zero-order valence-corrected chi connectivity index (χ0v) is 13.4. The van der Waals surface area contributed by atoms with Gasteiger partial charge < -0.3 is 14.2 Å². The number of hydrogen-bond donors (Lipinski definition) is 0. The predicted molar refractivity (Wildman–Crippen MR) is 100 cm³/mol. The summed E-state index contributed by atoms with van der Waals surface area (Å²) in [6.45, 7) is 5.75. The van der Waals surface area contributed by atoms with Gasteiger partial charge in [-0.2, -0.15) is 0 Å². The van der Waals surface area contributed by atoms with Gasteiger partial charge in [-0.05, 0) is 13.3 Å². The molecule has 0 N–H and O–H groups in total. The van der Waals surface area contributed by atoms with Gasteiger partial charge in [0.15, 0.2) is 0 Å². The molecule has 142 valence electrons. The van der Waals surface area contributed by atoms with Gasteiger partial charge in [0, 0.05) is 54.2 Å². The molecule has 6 heteroatoms. The van der Waals surface area contributed by atoms with Crippen molar-refractivity contribution in [1.82, 2.24) is 0 Å². The van der Waals surface area contributed by atoms with Gasteiger partial charge in [0.2, 0.25) is 0 Å². The molecule has 0 aliphatic carbocycles. The molecule has 0 saturated carbocycles. The van der Waals surface area contributed by atoms with Crippen LogP contribution in [0.1, 0.15) is 50.0 Å². The maximum atomic E-state index is 9.63. The van der Waals surface area contributed by atoms with E-state index in [4.69, 9.17) is 4.74 Å². The number of ether oxygens (including phenoxy) is 3. The molecule has 0 aromatic carbocycles. The number of hydrogen-bond acceptors (Lipinski definition) is 5. The molecular formula is C15H46O5S. The van der Waals surface area contributed by atoms with E-state index in [1.807, 2.05) is 6.92 Å². The molecule has 0 aromatic rings. The molecule has 0 rings (SSSR count). The van der Waals surface area contributed by atoms with Crippen LogP contribution in [0.5, 0.6) is 0 Å². The lowest BCUT2D eigenvalue weighted by atomic mass is 10.5. The van der Waals surface area contributed by atoms with E-state index in [-0.39, 0.29) is 29.7 Å². The second-order valence-electron chi connectivity index (χ2n) is 3.12. The van der Waals surface area contributed by atoms with Crippen molar-refractivity contribution in [1.29, 1.82) is 0 Å². The van der Waals surface area contributed by atoms with Crippen molar-refractivity contribution in [3.8, 4) is 0 Å². The molecule has 0 heterocycles. The lowest BCUT2D eigenvalue weighted by molar-refractivity contribution is 0.199. The van der Waals surface area contributed by atoms with Crippen LogP contribution in [-0.2, 0) is 24.0 Å². The van der Waals surface area contributed by atoms with E-state index in [0.717, 1.165) is 32.1 Å². The fourth-order valence-corrected chi connectivity index (χ4v) is 0.204. The summed E-state index contributed by atoms with van der Waals surface area (Å²) in [6, 6.07) is 0. The van der Waals surface area contributed by atoms with E-state index in [1.54, 1.807) is 28.4 Å². The van der Waals surface area contributed by atoms with Gasteiger partial charge in [0.1, 0.15) is 9.84 Å². The van der Waals surface area contributed by atoms with Crippen LogP contribution >= 0.6 is 0 Å². The molecule has 0 spiro atoms. The van der Waals surface area contributed by atoms with Crippen LogP contribution in [0.15, 0.2) is 0 Å². The van der Waals surface area contributed by atoms with Crippen molar-refractivity contribution in [3.63, 3.8) is 0 Å². The van der Waals surface area contributed by atoms with Crippen molar-refractivity contribution < 1.29 is 22.6 Å². The van der Waals surface area contributed by atoms with Gasteiger partial charge in [0.25, 0.3) is 0 Å². The van der Waals surface area contributed by atoms with E-state index < -0.39 is 9.84 Å². The number of rotatable bonds is 3. The van der Waals surface area contributed by atoms with Crippen LogP contribution in [0.4, 0.5) is 0 Å². The normalized spacial score (nSPS) is 7.05. The molecule has 0 saturated heterocycles. The molecule has 0 aliphatic heterocycles. The quantitative estimate of drug-likeness (QED) is 0.773. The molecule has 0 atom stereocenters. The minimum absolute atomic E-state index is 0. The highest BCUT2D eigenvalue weighted by Crippen LogP contribution is 1.70. The maximum Gasteiger partial charge on any atom is 0.144 e. The smallest absolute Gasteiger partial charge is 0.144 e. The third kappa shape index (κ3) is 787. The molecule has 0 aromatic heterocycles. The van der Waals surface area contributed by atoms with E-state index in [9.17, 15) is 8.42 Å². The summed E-state index contributed by atoms with van der Waals surface area (Å²) in [5, 5.41) is 0. The Bertz CT molecular complexity index is 169. The van der Waals surface area contributed by atoms with Crippen LogP contribution in [0.2, 0.25) is 0 Å². The second-order valence-corrected chi connectivity index (χ2v) is 5.41. The Kier molecular flexibility index (Phi) is 119. The van der Waals surface area contributed by atoms with Crippen LogP contribution in [0, 0.1) is 0 Å². The fraction of sp³-hybridized carbons (Fsp3) is 1.00. The van der Waals surface area contributed by atoms with Gasteiger partial charge in [-0.3, -0.25) is 0 Å². The largest absolute Gasteiger partial charge is 0.388 e. The van der Waals surface area contributed by atoms with E-state index in [1.165, 1.54) is 0 Å². The molecule has 5 nitrogen and oxygen atoms in total. The van der Waals surface area contributed by atoms with E-state index in [2.05, 4.69) is 16.4 Å². The van der Waals surface area contributed by atoms with Crippen molar-refractivity contribution in [2.45, 2.75) is 50.0 Å². The first-order chi connectivity index (χ1) is 7.74. The summed E-state index contributed by atoms with van der Waals surface area (Å²) < 4.78 is 32.7. The Morgan fingerprint density at radius 2 is 0.952 bits per heavy atom.